The Morgan fingerprint density at radius 1 is 1.00 bits per heavy atom. The first-order valence-corrected chi connectivity index (χ1v) is 12.4. The molecule has 200 valence electrons. The van der Waals surface area contributed by atoms with Crippen LogP contribution in [0.2, 0.25) is 0 Å². The molecule has 3 rings (SSSR count). The smallest absolute Gasteiger partial charge is 0.243 e. The molecule has 0 aromatic heterocycles. The number of hydrogen-bond donors (Lipinski definition) is 8. The van der Waals surface area contributed by atoms with E-state index in [-0.39, 0.29) is 38.1 Å². The molecule has 0 saturated carbocycles. The summed E-state index contributed by atoms with van der Waals surface area (Å²) in [4.78, 5) is 39.4. The van der Waals surface area contributed by atoms with Crippen molar-refractivity contribution in [2.24, 2.45) is 22.9 Å². The minimum atomic E-state index is -1.01. The van der Waals surface area contributed by atoms with Crippen LogP contribution >= 0.6 is 0 Å². The van der Waals surface area contributed by atoms with Gasteiger partial charge < -0.3 is 44.0 Å². The first-order chi connectivity index (χ1) is 17.7. The van der Waals surface area contributed by atoms with E-state index in [9.17, 15) is 19.5 Å². The molecule has 3 amide bonds. The molecule has 3 atom stereocenters. The van der Waals surface area contributed by atoms with E-state index < -0.39 is 41.9 Å². The van der Waals surface area contributed by atoms with Gasteiger partial charge in [-0.1, -0.05) is 30.3 Å². The van der Waals surface area contributed by atoms with E-state index in [1.165, 1.54) is 0 Å². The average molecular weight is 512 g/mol. The third-order valence-corrected chi connectivity index (χ3v) is 6.43. The normalized spacial score (nSPS) is 20.4. The van der Waals surface area contributed by atoms with E-state index in [4.69, 9.17) is 22.9 Å². The van der Waals surface area contributed by atoms with Gasteiger partial charge in [-0.15, -0.1) is 0 Å². The molecule has 2 aromatic carbocycles. The monoisotopic (exact) mass is 511 g/mol. The van der Waals surface area contributed by atoms with Crippen LogP contribution in [0, 0.1) is 0 Å². The molecular formula is C26H37N7O4. The predicted molar refractivity (Wildman–Crippen MR) is 141 cm³/mol. The third kappa shape index (κ3) is 7.49. The Morgan fingerprint density at radius 3 is 2.43 bits per heavy atom. The number of aromatic hydroxyl groups is 1. The van der Waals surface area contributed by atoms with Crippen LogP contribution in [-0.4, -0.2) is 66.6 Å². The number of phenolic OH excluding ortho intramolecular Hbond substituents is 1. The summed E-state index contributed by atoms with van der Waals surface area (Å²) in [7, 11) is 0. The zero-order chi connectivity index (χ0) is 26.9. The van der Waals surface area contributed by atoms with Crippen LogP contribution in [0.3, 0.4) is 0 Å². The molecule has 0 unspecified atom stereocenters. The van der Waals surface area contributed by atoms with Gasteiger partial charge in [0.15, 0.2) is 0 Å². The van der Waals surface area contributed by atoms with E-state index >= 15 is 0 Å². The number of hydrogen-bond acceptors (Lipinski definition) is 8. The summed E-state index contributed by atoms with van der Waals surface area (Å²) in [5.74, 6) is -1.49. The van der Waals surface area contributed by atoms with Gasteiger partial charge in [0.1, 0.15) is 17.8 Å². The van der Waals surface area contributed by atoms with Gasteiger partial charge in [0, 0.05) is 25.9 Å². The lowest BCUT2D eigenvalue weighted by Gasteiger charge is -2.25. The summed E-state index contributed by atoms with van der Waals surface area (Å²) in [6.45, 7) is 0.612. The van der Waals surface area contributed by atoms with E-state index in [0.717, 1.165) is 16.7 Å². The number of phenols is 1. The molecule has 0 radical (unpaired) electrons. The largest absolute Gasteiger partial charge is 0.508 e. The minimum absolute atomic E-state index is 0.0241. The fourth-order valence-corrected chi connectivity index (χ4v) is 4.24. The number of carbonyl (C=O) groups excluding carboxylic acids is 3. The van der Waals surface area contributed by atoms with Gasteiger partial charge in [-0.2, -0.15) is 0 Å². The molecule has 37 heavy (non-hydrogen) atoms. The Kier molecular flexibility index (Phi) is 9.98. The van der Waals surface area contributed by atoms with Gasteiger partial charge in [-0.25, -0.2) is 0 Å². The fourth-order valence-electron chi connectivity index (χ4n) is 4.24. The SMILES string of the molecule is NCCC[C@@H]1NC(=O)[C@@H](N)Cc2cc(ccc2O)-c2cccc(c2)C[C@@H](C(=O)NC(CN)CN)NC1=O. The molecule has 11 heteroatoms. The van der Waals surface area contributed by atoms with Crippen LogP contribution in [0.25, 0.3) is 11.1 Å². The van der Waals surface area contributed by atoms with Crippen LogP contribution in [0.1, 0.15) is 24.0 Å². The van der Waals surface area contributed by atoms with Gasteiger partial charge >= 0.3 is 0 Å². The second-order valence-electron chi connectivity index (χ2n) is 9.29. The van der Waals surface area contributed by atoms with Crippen molar-refractivity contribution in [3.63, 3.8) is 0 Å². The topological polar surface area (TPSA) is 212 Å². The van der Waals surface area contributed by atoms with Crippen molar-refractivity contribution < 1.29 is 19.5 Å². The Bertz CT molecular complexity index is 1110. The molecule has 1 heterocycles. The quantitative estimate of drug-likeness (QED) is 0.221. The summed E-state index contributed by atoms with van der Waals surface area (Å²) in [5, 5.41) is 18.7. The van der Waals surface area contributed by atoms with Crippen molar-refractivity contribution in [3.05, 3.63) is 53.6 Å². The van der Waals surface area contributed by atoms with Gasteiger partial charge in [0.25, 0.3) is 0 Å². The lowest BCUT2D eigenvalue weighted by Crippen LogP contribution is -2.58. The number of nitrogens with one attached hydrogen (secondary N) is 3. The first-order valence-electron chi connectivity index (χ1n) is 12.4. The molecule has 11 nitrogen and oxygen atoms in total. The van der Waals surface area contributed by atoms with Crippen LogP contribution in [0.4, 0.5) is 0 Å². The number of benzene rings is 2. The van der Waals surface area contributed by atoms with E-state index in [0.29, 0.717) is 18.5 Å². The Morgan fingerprint density at radius 2 is 1.73 bits per heavy atom. The van der Waals surface area contributed by atoms with Gasteiger partial charge in [-0.3, -0.25) is 14.4 Å². The van der Waals surface area contributed by atoms with Crippen molar-refractivity contribution in [1.82, 2.24) is 16.0 Å². The van der Waals surface area contributed by atoms with Crippen molar-refractivity contribution in [3.8, 4) is 16.9 Å². The number of carbonyl (C=O) groups is 3. The molecule has 0 aliphatic carbocycles. The van der Waals surface area contributed by atoms with E-state index in [2.05, 4.69) is 16.0 Å². The summed E-state index contributed by atoms with van der Waals surface area (Å²) < 4.78 is 0. The van der Waals surface area contributed by atoms with Crippen molar-refractivity contribution >= 4 is 17.7 Å². The molecular weight excluding hydrogens is 474 g/mol. The highest BCUT2D eigenvalue weighted by Gasteiger charge is 2.29. The van der Waals surface area contributed by atoms with Crippen LogP contribution in [0.15, 0.2) is 42.5 Å². The van der Waals surface area contributed by atoms with Crippen molar-refractivity contribution in [2.45, 2.75) is 49.9 Å². The zero-order valence-electron chi connectivity index (χ0n) is 20.8. The maximum Gasteiger partial charge on any atom is 0.243 e. The van der Waals surface area contributed by atoms with Crippen LogP contribution in [0.5, 0.6) is 5.75 Å². The second-order valence-corrected chi connectivity index (χ2v) is 9.29. The zero-order valence-corrected chi connectivity index (χ0v) is 20.8. The maximum atomic E-state index is 13.3. The molecule has 12 N–H and O–H groups in total. The van der Waals surface area contributed by atoms with Crippen LogP contribution in [-0.2, 0) is 27.2 Å². The highest BCUT2D eigenvalue weighted by molar-refractivity contribution is 5.93. The lowest BCUT2D eigenvalue weighted by atomic mass is 9.96. The number of nitrogens with two attached hydrogens (primary N) is 4. The highest BCUT2D eigenvalue weighted by atomic mass is 16.3. The Balaban J connectivity index is 2.04. The predicted octanol–water partition coefficient (Wildman–Crippen LogP) is -1.40. The lowest BCUT2D eigenvalue weighted by molar-refractivity contribution is -0.132. The average Bonchev–Trinajstić information content (AvgIpc) is 2.89. The number of amides is 3. The fraction of sp³-hybridized carbons (Fsp3) is 0.423. The standard InChI is InChI=1S/C26H37N7O4/c27-8-2-5-21-25(36)33-22(26(37)31-19(13-28)14-29)10-15-3-1-4-16(9-15)17-6-7-23(34)18(11-17)12-20(30)24(35)32-21/h1,3-4,6-7,9,11,19-22,34H,2,5,8,10,12-14,27-30H2,(H,31,37)(H,32,35)(H,33,36)/t20-,21-,22-/m0/s1. The molecule has 0 spiro atoms. The summed E-state index contributed by atoms with van der Waals surface area (Å²) in [6.07, 6.45) is 0.994. The van der Waals surface area contributed by atoms with Crippen LogP contribution < -0.4 is 38.9 Å². The van der Waals surface area contributed by atoms with Crippen molar-refractivity contribution in [2.75, 3.05) is 19.6 Å². The molecule has 0 fully saturated rings. The summed E-state index contributed by atoms with van der Waals surface area (Å²) in [6, 6.07) is 9.29. The maximum absolute atomic E-state index is 13.3. The summed E-state index contributed by atoms with van der Waals surface area (Å²) >= 11 is 0. The number of fused-ring (bicyclic) bond motifs is 5. The molecule has 4 bridgehead atoms. The van der Waals surface area contributed by atoms with Gasteiger partial charge in [0.05, 0.1) is 12.1 Å². The highest BCUT2D eigenvalue weighted by Crippen LogP contribution is 2.28. The molecule has 1 aliphatic rings. The second kappa shape index (κ2) is 13.2. The van der Waals surface area contributed by atoms with Gasteiger partial charge in [0.2, 0.25) is 17.7 Å². The number of rotatable bonds is 7. The first kappa shape index (κ1) is 28.1. The van der Waals surface area contributed by atoms with E-state index in [1.807, 2.05) is 24.3 Å². The molecule has 1 aliphatic heterocycles. The molecule has 2 aromatic rings. The summed E-state index contributed by atoms with van der Waals surface area (Å²) in [5.41, 5.74) is 26.2. The minimum Gasteiger partial charge on any atom is -0.508 e. The molecule has 0 saturated heterocycles. The van der Waals surface area contributed by atoms with E-state index in [1.54, 1.807) is 18.2 Å². The van der Waals surface area contributed by atoms with Gasteiger partial charge in [-0.05, 0) is 53.8 Å². The van der Waals surface area contributed by atoms with Crippen molar-refractivity contribution in [1.29, 1.82) is 0 Å². The Hall–Kier alpha value is -3.51. The Labute approximate surface area is 216 Å². The third-order valence-electron chi connectivity index (χ3n) is 6.43.